The van der Waals surface area contributed by atoms with Gasteiger partial charge in [0.25, 0.3) is 0 Å². The lowest BCUT2D eigenvalue weighted by atomic mass is 9.86. The number of rotatable bonds is 5. The molecule has 1 N–H and O–H groups in total. The van der Waals surface area contributed by atoms with Gasteiger partial charge in [-0.2, -0.15) is 0 Å². The monoisotopic (exact) mass is 222 g/mol. The lowest BCUT2D eigenvalue weighted by molar-refractivity contribution is -0.146. The molecule has 0 fully saturated rings. The summed E-state index contributed by atoms with van der Waals surface area (Å²) in [5.74, 6) is -0.770. The van der Waals surface area contributed by atoms with Gasteiger partial charge in [-0.15, -0.1) is 0 Å². The summed E-state index contributed by atoms with van der Waals surface area (Å²) in [6, 6.07) is 7.85. The Hall–Kier alpha value is -1.35. The number of carbonyl (C=O) groups is 1. The predicted molar refractivity (Wildman–Crippen MR) is 62.3 cm³/mol. The molecule has 1 aromatic carbocycles. The van der Waals surface area contributed by atoms with Crippen LogP contribution in [0.4, 0.5) is 0 Å². The fourth-order valence-corrected chi connectivity index (χ4v) is 1.51. The van der Waals surface area contributed by atoms with E-state index in [0.29, 0.717) is 13.0 Å². The van der Waals surface area contributed by atoms with Crippen LogP contribution in [0, 0.1) is 5.41 Å². The molecule has 0 atom stereocenters. The third kappa shape index (κ3) is 3.35. The molecule has 0 radical (unpaired) electrons. The van der Waals surface area contributed by atoms with E-state index in [4.69, 9.17) is 9.84 Å². The van der Waals surface area contributed by atoms with Gasteiger partial charge in [-0.1, -0.05) is 24.3 Å². The van der Waals surface area contributed by atoms with Gasteiger partial charge in [0.15, 0.2) is 0 Å². The van der Waals surface area contributed by atoms with Gasteiger partial charge in [0.05, 0.1) is 12.0 Å². The summed E-state index contributed by atoms with van der Waals surface area (Å²) in [5.41, 5.74) is 1.41. The van der Waals surface area contributed by atoms with Crippen molar-refractivity contribution in [1.29, 1.82) is 0 Å². The molecule has 0 bridgehead atoms. The van der Waals surface area contributed by atoms with Gasteiger partial charge in [0.2, 0.25) is 0 Å². The molecule has 1 aromatic rings. The number of methoxy groups -OCH3 is 1. The number of carboxylic acid groups (broad SMARTS) is 1. The van der Waals surface area contributed by atoms with Crippen molar-refractivity contribution in [2.45, 2.75) is 26.9 Å². The Morgan fingerprint density at radius 2 is 1.75 bits per heavy atom. The van der Waals surface area contributed by atoms with Gasteiger partial charge in [-0.25, -0.2) is 0 Å². The molecular weight excluding hydrogens is 204 g/mol. The van der Waals surface area contributed by atoms with Crippen LogP contribution in [0.2, 0.25) is 0 Å². The first kappa shape index (κ1) is 12.7. The molecule has 0 aromatic heterocycles. The van der Waals surface area contributed by atoms with Crippen LogP contribution >= 0.6 is 0 Å². The van der Waals surface area contributed by atoms with Crippen LogP contribution in [0.3, 0.4) is 0 Å². The van der Waals surface area contributed by atoms with E-state index in [2.05, 4.69) is 0 Å². The molecule has 0 heterocycles. The molecule has 0 aliphatic carbocycles. The first-order valence-corrected chi connectivity index (χ1v) is 5.26. The van der Waals surface area contributed by atoms with Gasteiger partial charge in [0.1, 0.15) is 0 Å². The molecule has 0 saturated heterocycles. The van der Waals surface area contributed by atoms with Gasteiger partial charge >= 0.3 is 5.97 Å². The lowest BCUT2D eigenvalue weighted by Crippen LogP contribution is -2.26. The Bertz CT molecular complexity index is 352. The summed E-state index contributed by atoms with van der Waals surface area (Å²) in [6.07, 6.45) is 0.537. The van der Waals surface area contributed by atoms with Crippen molar-refractivity contribution in [3.63, 3.8) is 0 Å². The Morgan fingerprint density at radius 3 is 2.19 bits per heavy atom. The van der Waals surface area contributed by atoms with Gasteiger partial charge in [-0.3, -0.25) is 4.79 Å². The van der Waals surface area contributed by atoms with Crippen LogP contribution in [-0.4, -0.2) is 18.2 Å². The number of benzene rings is 1. The van der Waals surface area contributed by atoms with E-state index in [1.54, 1.807) is 21.0 Å². The highest BCUT2D eigenvalue weighted by molar-refractivity contribution is 5.74. The van der Waals surface area contributed by atoms with Crippen molar-refractivity contribution in [3.05, 3.63) is 35.4 Å². The fraction of sp³-hybridized carbons (Fsp3) is 0.462. The maximum atomic E-state index is 11.0. The molecule has 88 valence electrons. The topological polar surface area (TPSA) is 46.5 Å². The van der Waals surface area contributed by atoms with Crippen LogP contribution in [0.5, 0.6) is 0 Å². The van der Waals surface area contributed by atoms with Crippen LogP contribution < -0.4 is 0 Å². The second-order valence-electron chi connectivity index (χ2n) is 4.62. The third-order valence-electron chi connectivity index (χ3n) is 2.56. The molecule has 0 aliphatic heterocycles. The summed E-state index contributed by atoms with van der Waals surface area (Å²) in [6.45, 7) is 4.05. The largest absolute Gasteiger partial charge is 0.481 e. The maximum absolute atomic E-state index is 11.0. The summed E-state index contributed by atoms with van der Waals surface area (Å²) < 4.78 is 5.01. The maximum Gasteiger partial charge on any atom is 0.309 e. The molecule has 0 unspecified atom stereocenters. The predicted octanol–water partition coefficient (Wildman–Crippen LogP) is 2.49. The Balaban J connectivity index is 2.72. The highest BCUT2D eigenvalue weighted by atomic mass is 16.5. The highest BCUT2D eigenvalue weighted by Crippen LogP contribution is 2.22. The summed E-state index contributed by atoms with van der Waals surface area (Å²) in [7, 11) is 1.65. The zero-order valence-electron chi connectivity index (χ0n) is 9.99. The third-order valence-corrected chi connectivity index (χ3v) is 2.56. The van der Waals surface area contributed by atoms with Crippen LogP contribution in [0.25, 0.3) is 0 Å². The second-order valence-corrected chi connectivity index (χ2v) is 4.62. The van der Waals surface area contributed by atoms with Crippen LogP contribution in [-0.2, 0) is 22.6 Å². The van der Waals surface area contributed by atoms with E-state index in [1.807, 2.05) is 24.3 Å². The minimum absolute atomic E-state index is 0.537. The van der Waals surface area contributed by atoms with E-state index in [1.165, 1.54) is 0 Å². The Kier molecular flexibility index (Phi) is 4.07. The number of hydrogen-bond donors (Lipinski definition) is 1. The normalized spacial score (nSPS) is 11.4. The lowest BCUT2D eigenvalue weighted by Gasteiger charge is -2.19. The quantitative estimate of drug-likeness (QED) is 0.832. The molecule has 0 saturated carbocycles. The molecule has 3 nitrogen and oxygen atoms in total. The SMILES string of the molecule is COCc1ccc(CC(C)(C)C(=O)O)cc1. The number of carboxylic acids is 1. The van der Waals surface area contributed by atoms with E-state index in [-0.39, 0.29) is 0 Å². The minimum Gasteiger partial charge on any atom is -0.481 e. The van der Waals surface area contributed by atoms with Crippen molar-refractivity contribution in [3.8, 4) is 0 Å². The zero-order valence-corrected chi connectivity index (χ0v) is 9.99. The summed E-state index contributed by atoms with van der Waals surface area (Å²) >= 11 is 0. The fourth-order valence-electron chi connectivity index (χ4n) is 1.51. The van der Waals surface area contributed by atoms with E-state index in [0.717, 1.165) is 11.1 Å². The van der Waals surface area contributed by atoms with Crippen molar-refractivity contribution < 1.29 is 14.6 Å². The first-order chi connectivity index (χ1) is 7.45. The van der Waals surface area contributed by atoms with Crippen LogP contribution in [0.15, 0.2) is 24.3 Å². The van der Waals surface area contributed by atoms with E-state index in [9.17, 15) is 4.79 Å². The average molecular weight is 222 g/mol. The molecule has 16 heavy (non-hydrogen) atoms. The minimum atomic E-state index is -0.770. The first-order valence-electron chi connectivity index (χ1n) is 5.26. The Morgan fingerprint density at radius 1 is 1.25 bits per heavy atom. The van der Waals surface area contributed by atoms with Gasteiger partial charge in [-0.05, 0) is 31.4 Å². The standard InChI is InChI=1S/C13H18O3/c1-13(2,12(14)15)8-10-4-6-11(7-5-10)9-16-3/h4-7H,8-9H2,1-3H3,(H,14,15). The van der Waals surface area contributed by atoms with Crippen molar-refractivity contribution in [2.75, 3.05) is 7.11 Å². The second kappa shape index (κ2) is 5.12. The zero-order chi connectivity index (χ0) is 12.2. The number of hydrogen-bond acceptors (Lipinski definition) is 2. The molecule has 0 spiro atoms. The molecule has 0 amide bonds. The number of aliphatic carboxylic acids is 1. The average Bonchev–Trinajstić information content (AvgIpc) is 2.21. The summed E-state index contributed by atoms with van der Waals surface area (Å²) in [5, 5.41) is 9.02. The van der Waals surface area contributed by atoms with Crippen LogP contribution in [0.1, 0.15) is 25.0 Å². The van der Waals surface area contributed by atoms with Gasteiger partial charge < -0.3 is 9.84 Å². The molecule has 3 heteroatoms. The summed E-state index contributed by atoms with van der Waals surface area (Å²) in [4.78, 5) is 11.0. The molecular formula is C13H18O3. The van der Waals surface area contributed by atoms with Crippen molar-refractivity contribution in [1.82, 2.24) is 0 Å². The molecule has 0 aliphatic rings. The number of ether oxygens (including phenoxy) is 1. The van der Waals surface area contributed by atoms with Crippen molar-refractivity contribution >= 4 is 5.97 Å². The van der Waals surface area contributed by atoms with E-state index < -0.39 is 11.4 Å². The Labute approximate surface area is 96.1 Å². The van der Waals surface area contributed by atoms with Gasteiger partial charge in [0, 0.05) is 7.11 Å². The van der Waals surface area contributed by atoms with E-state index >= 15 is 0 Å². The molecule has 1 rings (SSSR count). The van der Waals surface area contributed by atoms with Crippen molar-refractivity contribution in [2.24, 2.45) is 5.41 Å². The smallest absolute Gasteiger partial charge is 0.309 e. The highest BCUT2D eigenvalue weighted by Gasteiger charge is 2.27.